The summed E-state index contributed by atoms with van der Waals surface area (Å²) in [6, 6.07) is 13.4. The number of halogens is 2. The summed E-state index contributed by atoms with van der Waals surface area (Å²) in [4.78, 5) is 27.5. The molecule has 1 fully saturated rings. The van der Waals surface area contributed by atoms with Crippen molar-refractivity contribution >= 4 is 51.9 Å². The first kappa shape index (κ1) is 19.9. The SMILES string of the molecule is O=C1NC(=Nc2ccc(F)c(Cl)c2)SC1=Cc1ccc(-c2ccccc2[N+](=O)[O-])o1. The molecule has 3 aromatic rings. The zero-order valence-electron chi connectivity index (χ0n) is 15.0. The summed E-state index contributed by atoms with van der Waals surface area (Å²) >= 11 is 6.82. The molecular formula is C20H11ClFN3O4S. The molecular weight excluding hydrogens is 433 g/mol. The maximum atomic E-state index is 13.3. The fourth-order valence-electron chi connectivity index (χ4n) is 2.70. The highest BCUT2D eigenvalue weighted by Crippen LogP contribution is 2.33. The van der Waals surface area contributed by atoms with E-state index >= 15 is 0 Å². The van der Waals surface area contributed by atoms with Crippen molar-refractivity contribution in [3.8, 4) is 11.3 Å². The summed E-state index contributed by atoms with van der Waals surface area (Å²) in [5.74, 6) is -0.272. The molecule has 1 saturated heterocycles. The van der Waals surface area contributed by atoms with Gasteiger partial charge in [-0.1, -0.05) is 23.7 Å². The summed E-state index contributed by atoms with van der Waals surface area (Å²) < 4.78 is 18.9. The highest BCUT2D eigenvalue weighted by Gasteiger charge is 2.25. The van der Waals surface area contributed by atoms with E-state index in [1.807, 2.05) is 0 Å². The number of furan rings is 1. The Morgan fingerprint density at radius 1 is 1.20 bits per heavy atom. The lowest BCUT2D eigenvalue weighted by Crippen LogP contribution is -2.19. The first-order chi connectivity index (χ1) is 14.4. The van der Waals surface area contributed by atoms with Gasteiger partial charge in [-0.2, -0.15) is 0 Å². The largest absolute Gasteiger partial charge is 0.456 e. The topological polar surface area (TPSA) is 97.7 Å². The fraction of sp³-hybridized carbons (Fsp3) is 0. The molecule has 2 aromatic carbocycles. The number of amides is 1. The van der Waals surface area contributed by atoms with Crippen LogP contribution in [0.3, 0.4) is 0 Å². The number of hydrogen-bond donors (Lipinski definition) is 1. The van der Waals surface area contributed by atoms with E-state index in [2.05, 4.69) is 10.3 Å². The van der Waals surface area contributed by atoms with Crippen molar-refractivity contribution in [1.82, 2.24) is 5.32 Å². The van der Waals surface area contributed by atoms with Gasteiger partial charge in [0, 0.05) is 12.1 Å². The number of thioether (sulfide) groups is 1. The van der Waals surface area contributed by atoms with Crippen molar-refractivity contribution in [3.05, 3.63) is 86.2 Å². The van der Waals surface area contributed by atoms with E-state index in [4.69, 9.17) is 16.0 Å². The van der Waals surface area contributed by atoms with Crippen molar-refractivity contribution in [2.24, 2.45) is 4.99 Å². The monoisotopic (exact) mass is 443 g/mol. The lowest BCUT2D eigenvalue weighted by atomic mass is 10.1. The first-order valence-corrected chi connectivity index (χ1v) is 9.68. The van der Waals surface area contributed by atoms with Crippen LogP contribution in [0, 0.1) is 15.9 Å². The van der Waals surface area contributed by atoms with Crippen molar-refractivity contribution in [1.29, 1.82) is 0 Å². The van der Waals surface area contributed by atoms with Crippen LogP contribution in [0.5, 0.6) is 0 Å². The van der Waals surface area contributed by atoms with Gasteiger partial charge in [-0.15, -0.1) is 0 Å². The number of nitro groups is 1. The lowest BCUT2D eigenvalue weighted by molar-refractivity contribution is -0.384. The molecule has 0 radical (unpaired) electrons. The van der Waals surface area contributed by atoms with Gasteiger partial charge in [0.05, 0.1) is 26.1 Å². The molecule has 30 heavy (non-hydrogen) atoms. The predicted molar refractivity (Wildman–Crippen MR) is 113 cm³/mol. The van der Waals surface area contributed by atoms with Gasteiger partial charge < -0.3 is 9.73 Å². The Kier molecular flexibility index (Phi) is 5.39. The Morgan fingerprint density at radius 2 is 2.00 bits per heavy atom. The molecule has 4 rings (SSSR count). The molecule has 2 heterocycles. The van der Waals surface area contributed by atoms with Crippen LogP contribution in [0.2, 0.25) is 5.02 Å². The number of para-hydroxylation sites is 1. The minimum atomic E-state index is -0.559. The third-order valence-electron chi connectivity index (χ3n) is 4.05. The quantitative estimate of drug-likeness (QED) is 0.324. The van der Waals surface area contributed by atoms with Crippen molar-refractivity contribution in [2.45, 2.75) is 0 Å². The molecule has 1 aromatic heterocycles. The third kappa shape index (κ3) is 4.12. The Morgan fingerprint density at radius 3 is 2.77 bits per heavy atom. The smallest absolute Gasteiger partial charge is 0.280 e. The van der Waals surface area contributed by atoms with E-state index in [-0.39, 0.29) is 16.6 Å². The normalized spacial score (nSPS) is 16.3. The van der Waals surface area contributed by atoms with Crippen molar-refractivity contribution in [2.75, 3.05) is 0 Å². The summed E-state index contributed by atoms with van der Waals surface area (Å²) in [6.07, 6.45) is 1.51. The Bertz CT molecular complexity index is 1240. The van der Waals surface area contributed by atoms with Crippen LogP contribution in [0.4, 0.5) is 15.8 Å². The molecule has 0 bridgehead atoms. The summed E-state index contributed by atoms with van der Waals surface area (Å²) in [7, 11) is 0. The zero-order chi connectivity index (χ0) is 21.3. The molecule has 1 aliphatic rings. The van der Waals surface area contributed by atoms with E-state index in [1.165, 1.54) is 30.3 Å². The highest BCUT2D eigenvalue weighted by molar-refractivity contribution is 8.18. The van der Waals surface area contributed by atoms with Gasteiger partial charge in [0.2, 0.25) is 0 Å². The molecule has 7 nitrogen and oxygen atoms in total. The Balaban J connectivity index is 1.58. The van der Waals surface area contributed by atoms with E-state index in [0.29, 0.717) is 32.8 Å². The van der Waals surface area contributed by atoms with Crippen molar-refractivity contribution < 1.29 is 18.5 Å². The van der Waals surface area contributed by atoms with E-state index in [0.717, 1.165) is 11.8 Å². The molecule has 1 N–H and O–H groups in total. The molecule has 0 unspecified atom stereocenters. The number of carbonyl (C=O) groups excluding carboxylic acids is 1. The number of carbonyl (C=O) groups is 1. The Hall–Kier alpha value is -3.43. The van der Waals surface area contributed by atoms with E-state index < -0.39 is 10.7 Å². The molecule has 0 atom stereocenters. The van der Waals surface area contributed by atoms with Crippen LogP contribution in [-0.4, -0.2) is 16.0 Å². The van der Waals surface area contributed by atoms with Crippen LogP contribution < -0.4 is 5.32 Å². The number of nitrogens with one attached hydrogen (secondary N) is 1. The predicted octanol–water partition coefficient (Wildman–Crippen LogP) is 5.54. The second-order valence-electron chi connectivity index (χ2n) is 6.06. The van der Waals surface area contributed by atoms with Gasteiger partial charge in [-0.05, 0) is 48.2 Å². The number of hydrogen-bond acceptors (Lipinski definition) is 6. The van der Waals surface area contributed by atoms with Gasteiger partial charge in [-0.3, -0.25) is 14.9 Å². The van der Waals surface area contributed by atoms with Gasteiger partial charge in [0.25, 0.3) is 11.6 Å². The van der Waals surface area contributed by atoms with Crippen LogP contribution in [-0.2, 0) is 4.79 Å². The number of aliphatic imine (C=N–C) groups is 1. The lowest BCUT2D eigenvalue weighted by Gasteiger charge is -1.98. The average Bonchev–Trinajstić information content (AvgIpc) is 3.31. The average molecular weight is 444 g/mol. The zero-order valence-corrected chi connectivity index (χ0v) is 16.5. The molecule has 0 spiro atoms. The van der Waals surface area contributed by atoms with E-state index in [9.17, 15) is 19.3 Å². The minimum absolute atomic E-state index is 0.0694. The maximum absolute atomic E-state index is 13.3. The number of rotatable bonds is 4. The summed E-state index contributed by atoms with van der Waals surface area (Å²) in [5, 5.41) is 14.0. The number of nitro benzene ring substituents is 1. The number of benzene rings is 2. The second-order valence-corrected chi connectivity index (χ2v) is 7.49. The molecule has 0 saturated carbocycles. The molecule has 150 valence electrons. The van der Waals surface area contributed by atoms with Gasteiger partial charge in [0.15, 0.2) is 5.17 Å². The van der Waals surface area contributed by atoms with Gasteiger partial charge >= 0.3 is 0 Å². The number of nitrogens with zero attached hydrogens (tertiary/aromatic N) is 2. The van der Waals surface area contributed by atoms with Crippen LogP contribution in [0.1, 0.15) is 5.76 Å². The Labute approximate surface area is 178 Å². The van der Waals surface area contributed by atoms with Gasteiger partial charge in [-0.25, -0.2) is 9.38 Å². The van der Waals surface area contributed by atoms with Gasteiger partial charge in [0.1, 0.15) is 17.3 Å². The van der Waals surface area contributed by atoms with Crippen LogP contribution in [0.15, 0.2) is 68.9 Å². The first-order valence-electron chi connectivity index (χ1n) is 8.49. The molecule has 1 amide bonds. The minimum Gasteiger partial charge on any atom is -0.456 e. The molecule has 0 aliphatic carbocycles. The third-order valence-corrected chi connectivity index (χ3v) is 5.25. The summed E-state index contributed by atoms with van der Waals surface area (Å²) in [6.45, 7) is 0. The highest BCUT2D eigenvalue weighted by atomic mass is 35.5. The van der Waals surface area contributed by atoms with E-state index in [1.54, 1.807) is 30.3 Å². The molecule has 1 aliphatic heterocycles. The van der Waals surface area contributed by atoms with Crippen LogP contribution in [0.25, 0.3) is 17.4 Å². The standard InChI is InChI=1S/C20H11ClFN3O4S/c21-14-9-11(5-7-15(14)22)23-20-24-19(26)18(30-20)10-12-6-8-17(29-12)13-3-1-2-4-16(13)25(27)28/h1-10H,(H,23,24,26). The number of amidine groups is 1. The van der Waals surface area contributed by atoms with Crippen LogP contribution >= 0.6 is 23.4 Å². The van der Waals surface area contributed by atoms with Crippen molar-refractivity contribution in [3.63, 3.8) is 0 Å². The second kappa shape index (κ2) is 8.13. The molecule has 10 heteroatoms. The fourth-order valence-corrected chi connectivity index (χ4v) is 3.69. The maximum Gasteiger partial charge on any atom is 0.280 e. The summed E-state index contributed by atoms with van der Waals surface area (Å²) in [5.41, 5.74) is 0.652.